The molecule has 0 aliphatic heterocycles. The number of benzene rings is 1. The number of halogens is 1. The zero-order valence-electron chi connectivity index (χ0n) is 9.59. The topological polar surface area (TPSA) is 29.1 Å². The molecule has 0 saturated heterocycles. The molecule has 16 heavy (non-hydrogen) atoms. The maximum absolute atomic E-state index is 12.0. The Balaban J connectivity index is 2.10. The van der Waals surface area contributed by atoms with Crippen LogP contribution in [0.25, 0.3) is 0 Å². The van der Waals surface area contributed by atoms with Gasteiger partial charge in [0.1, 0.15) is 0 Å². The highest BCUT2D eigenvalue weighted by Crippen LogP contribution is 2.32. The highest BCUT2D eigenvalue weighted by Gasteiger charge is 2.29. The summed E-state index contributed by atoms with van der Waals surface area (Å²) in [6, 6.07) is 6.02. The SMILES string of the molecule is Cc1c(Br)cccc1C(=O)NC(C)C1CC1. The molecule has 1 N–H and O–H groups in total. The first-order valence-electron chi connectivity index (χ1n) is 5.65. The van der Waals surface area contributed by atoms with Gasteiger partial charge in [-0.05, 0) is 50.3 Å². The van der Waals surface area contributed by atoms with Gasteiger partial charge in [0.15, 0.2) is 0 Å². The van der Waals surface area contributed by atoms with E-state index in [1.54, 1.807) is 0 Å². The molecule has 1 atom stereocenters. The van der Waals surface area contributed by atoms with E-state index in [1.807, 2.05) is 25.1 Å². The second-order valence-corrected chi connectivity index (χ2v) is 5.37. The Hall–Kier alpha value is -0.830. The molecule has 2 rings (SSSR count). The maximum Gasteiger partial charge on any atom is 0.251 e. The monoisotopic (exact) mass is 281 g/mol. The molecule has 0 aromatic heterocycles. The summed E-state index contributed by atoms with van der Waals surface area (Å²) in [4.78, 5) is 12.0. The van der Waals surface area contributed by atoms with Gasteiger partial charge < -0.3 is 5.32 Å². The average molecular weight is 282 g/mol. The first-order valence-corrected chi connectivity index (χ1v) is 6.45. The fraction of sp³-hybridized carbons (Fsp3) is 0.462. The third-order valence-corrected chi connectivity index (χ3v) is 4.06. The lowest BCUT2D eigenvalue weighted by Gasteiger charge is -2.14. The van der Waals surface area contributed by atoms with Crippen molar-refractivity contribution >= 4 is 21.8 Å². The zero-order valence-corrected chi connectivity index (χ0v) is 11.2. The third kappa shape index (κ3) is 2.46. The number of carbonyl (C=O) groups excluding carboxylic acids is 1. The van der Waals surface area contributed by atoms with Crippen LogP contribution in [0, 0.1) is 12.8 Å². The van der Waals surface area contributed by atoms with Crippen LogP contribution in [-0.4, -0.2) is 11.9 Å². The lowest BCUT2D eigenvalue weighted by Crippen LogP contribution is -2.34. The molecule has 1 unspecified atom stereocenters. The van der Waals surface area contributed by atoms with E-state index in [9.17, 15) is 4.79 Å². The van der Waals surface area contributed by atoms with Gasteiger partial charge in [-0.3, -0.25) is 4.79 Å². The molecule has 3 heteroatoms. The average Bonchev–Trinajstić information content (AvgIpc) is 3.05. The highest BCUT2D eigenvalue weighted by atomic mass is 79.9. The van der Waals surface area contributed by atoms with Crippen LogP contribution in [0.5, 0.6) is 0 Å². The molecular formula is C13H16BrNO. The lowest BCUT2D eigenvalue weighted by atomic mass is 10.1. The molecule has 0 radical (unpaired) electrons. The summed E-state index contributed by atoms with van der Waals surface area (Å²) in [5, 5.41) is 3.07. The fourth-order valence-electron chi connectivity index (χ4n) is 1.85. The van der Waals surface area contributed by atoms with Gasteiger partial charge in [0, 0.05) is 16.1 Å². The molecule has 1 aromatic rings. The summed E-state index contributed by atoms with van der Waals surface area (Å²) in [5.41, 5.74) is 1.77. The lowest BCUT2D eigenvalue weighted by molar-refractivity contribution is 0.0935. The molecule has 0 heterocycles. The smallest absolute Gasteiger partial charge is 0.251 e. The molecule has 1 aromatic carbocycles. The van der Waals surface area contributed by atoms with Gasteiger partial charge in [0.25, 0.3) is 5.91 Å². The minimum Gasteiger partial charge on any atom is -0.349 e. The van der Waals surface area contributed by atoms with Crippen LogP contribution >= 0.6 is 15.9 Å². The molecular weight excluding hydrogens is 266 g/mol. The quantitative estimate of drug-likeness (QED) is 0.905. The zero-order chi connectivity index (χ0) is 11.7. The second-order valence-electron chi connectivity index (χ2n) is 4.51. The van der Waals surface area contributed by atoms with E-state index in [0.29, 0.717) is 12.0 Å². The minimum absolute atomic E-state index is 0.0400. The molecule has 2 nitrogen and oxygen atoms in total. The Bertz CT molecular complexity index is 412. The van der Waals surface area contributed by atoms with Gasteiger partial charge in [-0.25, -0.2) is 0 Å². The van der Waals surface area contributed by atoms with E-state index in [1.165, 1.54) is 12.8 Å². The van der Waals surface area contributed by atoms with Gasteiger partial charge in [-0.1, -0.05) is 22.0 Å². The summed E-state index contributed by atoms with van der Waals surface area (Å²) in [6.07, 6.45) is 2.50. The van der Waals surface area contributed by atoms with Gasteiger partial charge in [-0.15, -0.1) is 0 Å². The maximum atomic E-state index is 12.0. The summed E-state index contributed by atoms with van der Waals surface area (Å²) < 4.78 is 0.985. The van der Waals surface area contributed by atoms with Gasteiger partial charge in [0.2, 0.25) is 0 Å². The Labute approximate surface area is 105 Å². The number of nitrogens with one attached hydrogen (secondary N) is 1. The van der Waals surface area contributed by atoms with Crippen LogP contribution in [0.1, 0.15) is 35.7 Å². The standard InChI is InChI=1S/C13H16BrNO/c1-8-11(4-3-5-12(8)14)13(16)15-9(2)10-6-7-10/h3-5,9-10H,6-7H2,1-2H3,(H,15,16). The van der Waals surface area contributed by atoms with Crippen LogP contribution in [0.3, 0.4) is 0 Å². The van der Waals surface area contributed by atoms with Crippen molar-refractivity contribution in [1.82, 2.24) is 5.32 Å². The van der Waals surface area contributed by atoms with Gasteiger partial charge in [0.05, 0.1) is 0 Å². The number of rotatable bonds is 3. The van der Waals surface area contributed by atoms with Crippen molar-refractivity contribution < 1.29 is 4.79 Å². The van der Waals surface area contributed by atoms with Crippen LogP contribution < -0.4 is 5.32 Å². The first-order chi connectivity index (χ1) is 7.59. The molecule has 1 aliphatic rings. The number of amides is 1. The van der Waals surface area contributed by atoms with E-state index in [-0.39, 0.29) is 5.91 Å². The van der Waals surface area contributed by atoms with Crippen molar-refractivity contribution in [2.75, 3.05) is 0 Å². The summed E-state index contributed by atoms with van der Waals surface area (Å²) in [7, 11) is 0. The molecule has 1 saturated carbocycles. The first kappa shape index (κ1) is 11.6. The Morgan fingerprint density at radius 1 is 1.50 bits per heavy atom. The van der Waals surface area contributed by atoms with Gasteiger partial charge >= 0.3 is 0 Å². The highest BCUT2D eigenvalue weighted by molar-refractivity contribution is 9.10. The number of hydrogen-bond donors (Lipinski definition) is 1. The largest absolute Gasteiger partial charge is 0.349 e. The van der Waals surface area contributed by atoms with E-state index in [2.05, 4.69) is 28.2 Å². The molecule has 1 amide bonds. The third-order valence-electron chi connectivity index (χ3n) is 3.20. The van der Waals surface area contributed by atoms with Crippen molar-refractivity contribution in [2.45, 2.75) is 32.7 Å². The van der Waals surface area contributed by atoms with Crippen LogP contribution in [0.2, 0.25) is 0 Å². The predicted octanol–water partition coefficient (Wildman–Crippen LogP) is 3.29. The normalized spacial score (nSPS) is 16.9. The van der Waals surface area contributed by atoms with Crippen molar-refractivity contribution in [3.8, 4) is 0 Å². The molecule has 0 bridgehead atoms. The summed E-state index contributed by atoms with van der Waals surface area (Å²) in [6.45, 7) is 4.05. The Kier molecular flexibility index (Phi) is 3.33. The Morgan fingerprint density at radius 3 is 2.81 bits per heavy atom. The van der Waals surface area contributed by atoms with Crippen molar-refractivity contribution in [1.29, 1.82) is 0 Å². The predicted molar refractivity (Wildman–Crippen MR) is 68.5 cm³/mol. The summed E-state index contributed by atoms with van der Waals surface area (Å²) in [5.74, 6) is 0.731. The molecule has 0 spiro atoms. The summed E-state index contributed by atoms with van der Waals surface area (Å²) >= 11 is 3.44. The second kappa shape index (κ2) is 4.58. The molecule has 1 fully saturated rings. The van der Waals surface area contributed by atoms with E-state index in [0.717, 1.165) is 15.6 Å². The van der Waals surface area contributed by atoms with Gasteiger partial charge in [-0.2, -0.15) is 0 Å². The van der Waals surface area contributed by atoms with E-state index in [4.69, 9.17) is 0 Å². The molecule has 86 valence electrons. The van der Waals surface area contributed by atoms with Crippen molar-refractivity contribution in [2.24, 2.45) is 5.92 Å². The van der Waals surface area contributed by atoms with Crippen molar-refractivity contribution in [3.05, 3.63) is 33.8 Å². The molecule has 1 aliphatic carbocycles. The number of hydrogen-bond acceptors (Lipinski definition) is 1. The van der Waals surface area contributed by atoms with Crippen molar-refractivity contribution in [3.63, 3.8) is 0 Å². The van der Waals surface area contributed by atoms with Crippen LogP contribution in [0.4, 0.5) is 0 Å². The fourth-order valence-corrected chi connectivity index (χ4v) is 2.22. The van der Waals surface area contributed by atoms with E-state index >= 15 is 0 Å². The van der Waals surface area contributed by atoms with E-state index < -0.39 is 0 Å². The minimum atomic E-state index is 0.0400. The number of carbonyl (C=O) groups is 1. The Morgan fingerprint density at radius 2 is 2.19 bits per heavy atom. The van der Waals surface area contributed by atoms with Crippen LogP contribution in [0.15, 0.2) is 22.7 Å². The van der Waals surface area contributed by atoms with Crippen LogP contribution in [-0.2, 0) is 0 Å².